The second kappa shape index (κ2) is 7.76. The number of anilines is 1. The van der Waals surface area contributed by atoms with E-state index in [9.17, 15) is 4.79 Å². The number of halogens is 1. The van der Waals surface area contributed by atoms with E-state index < -0.39 is 0 Å². The van der Waals surface area contributed by atoms with Crippen LogP contribution in [0.4, 0.5) is 5.69 Å². The minimum atomic E-state index is -0.189. The highest BCUT2D eigenvalue weighted by Crippen LogP contribution is 2.58. The molecule has 4 aromatic heterocycles. The van der Waals surface area contributed by atoms with E-state index in [0.717, 1.165) is 29.9 Å². The lowest BCUT2D eigenvalue weighted by atomic mass is 10.1. The van der Waals surface area contributed by atoms with Crippen molar-refractivity contribution in [3.63, 3.8) is 0 Å². The number of rotatable bonds is 5. The molecule has 0 bridgehead atoms. The maximum atomic E-state index is 12.8. The summed E-state index contributed by atoms with van der Waals surface area (Å²) in [5, 5.41) is 9.22. The summed E-state index contributed by atoms with van der Waals surface area (Å²) in [6, 6.07) is 6.15. The average molecular weight is 504 g/mol. The first kappa shape index (κ1) is 21.3. The predicted octanol–water partition coefficient (Wildman–Crippen LogP) is 2.46. The van der Waals surface area contributed by atoms with E-state index in [-0.39, 0.29) is 18.0 Å². The van der Waals surface area contributed by atoms with Gasteiger partial charge in [-0.1, -0.05) is 16.8 Å². The van der Waals surface area contributed by atoms with Crippen molar-refractivity contribution in [1.82, 2.24) is 39.0 Å². The highest BCUT2D eigenvalue weighted by molar-refractivity contribution is 6.31. The first-order valence-electron chi connectivity index (χ1n) is 11.7. The smallest absolute Gasteiger partial charge is 0.280 e. The van der Waals surface area contributed by atoms with Crippen LogP contribution in [-0.2, 0) is 20.6 Å². The summed E-state index contributed by atoms with van der Waals surface area (Å²) < 4.78 is 10.4. The first-order valence-corrected chi connectivity index (χ1v) is 12.1. The quantitative estimate of drug-likeness (QED) is 0.359. The van der Waals surface area contributed by atoms with E-state index in [0.29, 0.717) is 39.7 Å². The summed E-state index contributed by atoms with van der Waals surface area (Å²) in [4.78, 5) is 28.1. The summed E-state index contributed by atoms with van der Waals surface area (Å²) >= 11 is 6.45. The van der Waals surface area contributed by atoms with Crippen LogP contribution >= 0.6 is 11.6 Å². The van der Waals surface area contributed by atoms with Crippen LogP contribution in [0.3, 0.4) is 0 Å². The van der Waals surface area contributed by atoms with Gasteiger partial charge in [-0.05, 0) is 35.6 Å². The van der Waals surface area contributed by atoms with Crippen molar-refractivity contribution in [2.45, 2.75) is 12.5 Å². The molecule has 1 saturated heterocycles. The van der Waals surface area contributed by atoms with E-state index in [4.69, 9.17) is 16.1 Å². The Hall–Kier alpha value is -3.99. The molecule has 1 aliphatic heterocycles. The molecule has 5 aromatic rings. The van der Waals surface area contributed by atoms with Crippen LogP contribution in [0.15, 0.2) is 52.6 Å². The van der Waals surface area contributed by atoms with Crippen molar-refractivity contribution >= 4 is 28.5 Å². The van der Waals surface area contributed by atoms with Crippen LogP contribution in [0, 0.1) is 11.8 Å². The van der Waals surface area contributed by atoms with Gasteiger partial charge in [0.2, 0.25) is 5.89 Å². The summed E-state index contributed by atoms with van der Waals surface area (Å²) in [6.07, 6.45) is 6.88. The van der Waals surface area contributed by atoms with Crippen molar-refractivity contribution < 1.29 is 4.52 Å². The van der Waals surface area contributed by atoms with Gasteiger partial charge in [0.05, 0.1) is 12.5 Å². The van der Waals surface area contributed by atoms with E-state index in [1.54, 1.807) is 22.6 Å². The number of nitrogens with zero attached hydrogens (tertiary/aromatic N) is 9. The van der Waals surface area contributed by atoms with Gasteiger partial charge in [-0.2, -0.15) is 10.1 Å². The number of piperidine rings is 1. The van der Waals surface area contributed by atoms with Crippen molar-refractivity contribution in [2.24, 2.45) is 25.9 Å². The zero-order valence-electron chi connectivity index (χ0n) is 19.6. The lowest BCUT2D eigenvalue weighted by Gasteiger charge is -2.22. The normalized spacial score (nSPS) is 20.9. The molecule has 7 rings (SSSR count). The number of aromatic nitrogens is 8. The minimum Gasteiger partial charge on any atom is -0.371 e. The molecule has 0 unspecified atom stereocenters. The second-order valence-electron chi connectivity index (χ2n) is 9.61. The second-order valence-corrected chi connectivity index (χ2v) is 10.0. The molecule has 5 heterocycles. The number of imidazole rings is 1. The monoisotopic (exact) mass is 503 g/mol. The van der Waals surface area contributed by atoms with Gasteiger partial charge in [0.15, 0.2) is 17.0 Å². The lowest BCUT2D eigenvalue weighted by molar-refractivity contribution is 0.363. The molecule has 1 aliphatic carbocycles. The molecular formula is C24H22ClN9O2. The van der Waals surface area contributed by atoms with Crippen LogP contribution < -0.4 is 10.5 Å². The molecule has 182 valence electrons. The zero-order valence-corrected chi connectivity index (χ0v) is 20.4. The third kappa shape index (κ3) is 3.41. The van der Waals surface area contributed by atoms with Gasteiger partial charge in [0.25, 0.3) is 5.56 Å². The van der Waals surface area contributed by atoms with Crippen LogP contribution in [0.5, 0.6) is 0 Å². The summed E-state index contributed by atoms with van der Waals surface area (Å²) in [6.45, 7) is 1.99. The molecule has 36 heavy (non-hydrogen) atoms. The molecule has 12 heteroatoms. The van der Waals surface area contributed by atoms with Gasteiger partial charge < -0.3 is 14.0 Å². The fraction of sp³-hybridized carbons (Fsp3) is 0.333. The standard InChI is InChI=1S/C24H22ClN9O2/c1-31-11-26-23-21(31)24(35)34(12-27-23)10-19-29-22(30-36-19)20-17-8-33(9-18(17)20)16-4-13(3-15(25)5-16)14-6-28-32(2)7-14/h3-7,11-12,17-18,20H,8-10H2,1-2H3/t17-,18+,20+. The molecule has 0 radical (unpaired) electrons. The fourth-order valence-corrected chi connectivity index (χ4v) is 5.64. The topological polar surface area (TPSA) is 113 Å². The SMILES string of the molecule is Cn1cc(-c2cc(Cl)cc(N3C[C@@H]4[C@H](C3)[C@H]4c3noc(Cn4cnc5ncn(C)c5c4=O)n3)c2)cn1. The number of hydrogen-bond donors (Lipinski definition) is 0. The minimum absolute atomic E-state index is 0.174. The number of fused-ring (bicyclic) bond motifs is 2. The lowest BCUT2D eigenvalue weighted by Crippen LogP contribution is -2.24. The Morgan fingerprint density at radius 1 is 1.08 bits per heavy atom. The Bertz CT molecular complexity index is 1670. The van der Waals surface area contributed by atoms with Crippen LogP contribution in [-0.4, -0.2) is 52.1 Å². The molecule has 11 nitrogen and oxygen atoms in total. The predicted molar refractivity (Wildman–Crippen MR) is 132 cm³/mol. The maximum Gasteiger partial charge on any atom is 0.280 e. The van der Waals surface area contributed by atoms with Crippen molar-refractivity contribution in [1.29, 1.82) is 0 Å². The molecule has 0 N–H and O–H groups in total. The van der Waals surface area contributed by atoms with Gasteiger partial charge in [-0.15, -0.1) is 0 Å². The van der Waals surface area contributed by atoms with Crippen LogP contribution in [0.2, 0.25) is 5.02 Å². The Kier molecular flexibility index (Phi) is 4.59. The summed E-state index contributed by atoms with van der Waals surface area (Å²) in [5.41, 5.74) is 3.89. The molecule has 0 amide bonds. The van der Waals surface area contributed by atoms with Crippen molar-refractivity contribution in [3.8, 4) is 11.1 Å². The fourth-order valence-electron chi connectivity index (χ4n) is 5.41. The largest absolute Gasteiger partial charge is 0.371 e. The molecule has 0 spiro atoms. The number of benzene rings is 1. The average Bonchev–Trinajstić information content (AvgIpc) is 3.42. The summed E-state index contributed by atoms with van der Waals surface area (Å²) in [7, 11) is 3.67. The Balaban J connectivity index is 1.06. The first-order chi connectivity index (χ1) is 17.4. The van der Waals surface area contributed by atoms with Gasteiger partial charge >= 0.3 is 0 Å². The van der Waals surface area contributed by atoms with Gasteiger partial charge in [0.1, 0.15) is 12.9 Å². The molecule has 3 atom stereocenters. The van der Waals surface area contributed by atoms with Crippen LogP contribution in [0.1, 0.15) is 17.6 Å². The molecular weight excluding hydrogens is 482 g/mol. The maximum absolute atomic E-state index is 12.8. The third-order valence-corrected chi connectivity index (χ3v) is 7.49. The number of aryl methyl sites for hydroxylation is 2. The molecule has 2 aliphatic rings. The number of hydrogen-bond acceptors (Lipinski definition) is 8. The highest BCUT2D eigenvalue weighted by atomic mass is 35.5. The zero-order chi connectivity index (χ0) is 24.6. The Morgan fingerprint density at radius 3 is 2.67 bits per heavy atom. The van der Waals surface area contributed by atoms with Gasteiger partial charge in [0, 0.05) is 55.6 Å². The van der Waals surface area contributed by atoms with Gasteiger partial charge in [-0.3, -0.25) is 14.0 Å². The Labute approximate surface area is 209 Å². The summed E-state index contributed by atoms with van der Waals surface area (Å²) in [5.74, 6) is 2.31. The molecule has 1 aromatic carbocycles. The van der Waals surface area contributed by atoms with Crippen molar-refractivity contribution in [2.75, 3.05) is 18.0 Å². The highest BCUT2D eigenvalue weighted by Gasteiger charge is 2.58. The van der Waals surface area contributed by atoms with Crippen molar-refractivity contribution in [3.05, 3.63) is 70.3 Å². The van der Waals surface area contributed by atoms with E-state index >= 15 is 0 Å². The molecule has 2 fully saturated rings. The Morgan fingerprint density at radius 2 is 1.89 bits per heavy atom. The van der Waals surface area contributed by atoms with E-state index in [1.165, 1.54) is 10.9 Å². The molecule has 1 saturated carbocycles. The van der Waals surface area contributed by atoms with E-state index in [2.05, 4.69) is 36.2 Å². The van der Waals surface area contributed by atoms with E-state index in [1.807, 2.05) is 31.6 Å². The van der Waals surface area contributed by atoms with Gasteiger partial charge in [-0.25, -0.2) is 9.97 Å². The third-order valence-electron chi connectivity index (χ3n) is 7.27. The van der Waals surface area contributed by atoms with Crippen LogP contribution in [0.25, 0.3) is 22.3 Å².